The molecular weight excluding hydrogens is 278 g/mol. The van der Waals surface area contributed by atoms with Crippen molar-refractivity contribution in [3.05, 3.63) is 23.0 Å². The van der Waals surface area contributed by atoms with Gasteiger partial charge in [-0.2, -0.15) is 0 Å². The molecule has 0 aliphatic heterocycles. The Bertz CT molecular complexity index is 600. The van der Waals surface area contributed by atoms with Gasteiger partial charge in [0.1, 0.15) is 11.7 Å². The van der Waals surface area contributed by atoms with Crippen LogP contribution in [-0.4, -0.2) is 32.4 Å². The van der Waals surface area contributed by atoms with Crippen molar-refractivity contribution in [3.63, 3.8) is 0 Å². The van der Waals surface area contributed by atoms with E-state index in [0.29, 0.717) is 6.42 Å². The van der Waals surface area contributed by atoms with Gasteiger partial charge in [-0.3, -0.25) is 9.20 Å². The topological polar surface area (TPSA) is 83.7 Å². The number of hydrogen-bond donors (Lipinski definition) is 2. The molecule has 0 spiro atoms. The first-order chi connectivity index (χ1) is 9.51. The smallest absolute Gasteiger partial charge is 0.326 e. The minimum Gasteiger partial charge on any atom is -0.480 e. The maximum Gasteiger partial charge on any atom is 0.326 e. The molecule has 0 aliphatic carbocycles. The molecule has 2 rings (SSSR count). The molecule has 0 fully saturated rings. The van der Waals surface area contributed by atoms with Gasteiger partial charge in [0.15, 0.2) is 4.96 Å². The van der Waals surface area contributed by atoms with Crippen LogP contribution in [0.1, 0.15) is 41.6 Å². The number of aromatic nitrogens is 2. The number of carbonyl (C=O) groups is 2. The Morgan fingerprint density at radius 3 is 2.85 bits per heavy atom. The van der Waals surface area contributed by atoms with Crippen molar-refractivity contribution in [1.82, 2.24) is 14.7 Å². The van der Waals surface area contributed by atoms with Crippen molar-refractivity contribution in [3.8, 4) is 0 Å². The van der Waals surface area contributed by atoms with Crippen LogP contribution in [0.15, 0.2) is 12.4 Å². The van der Waals surface area contributed by atoms with Crippen LogP contribution in [0.2, 0.25) is 0 Å². The monoisotopic (exact) mass is 295 g/mol. The van der Waals surface area contributed by atoms with Crippen LogP contribution in [0, 0.1) is 6.92 Å². The second-order valence-corrected chi connectivity index (χ2v) is 5.88. The molecule has 6 nitrogen and oxygen atoms in total. The number of unbranched alkanes of at least 4 members (excludes halogenated alkanes) is 1. The van der Waals surface area contributed by atoms with Crippen LogP contribution < -0.4 is 5.32 Å². The molecule has 1 atom stereocenters. The van der Waals surface area contributed by atoms with Crippen LogP contribution in [0.4, 0.5) is 0 Å². The summed E-state index contributed by atoms with van der Waals surface area (Å²) in [5.74, 6) is -1.45. The van der Waals surface area contributed by atoms with Gasteiger partial charge >= 0.3 is 5.97 Å². The van der Waals surface area contributed by atoms with Crippen LogP contribution in [-0.2, 0) is 4.79 Å². The zero-order valence-electron chi connectivity index (χ0n) is 11.4. The SMILES string of the molecule is CCCCC(NC(=O)c1cn2cc(C)sc2n1)C(=O)O. The number of hydrogen-bond acceptors (Lipinski definition) is 4. The molecule has 0 radical (unpaired) electrons. The van der Waals surface area contributed by atoms with Gasteiger partial charge in [-0.05, 0) is 13.3 Å². The predicted molar refractivity (Wildman–Crippen MR) is 76.2 cm³/mol. The maximum atomic E-state index is 12.0. The number of imidazole rings is 1. The Kier molecular flexibility index (Phi) is 4.39. The number of thiazole rings is 1. The summed E-state index contributed by atoms with van der Waals surface area (Å²) in [7, 11) is 0. The lowest BCUT2D eigenvalue weighted by molar-refractivity contribution is -0.139. The minimum absolute atomic E-state index is 0.249. The van der Waals surface area contributed by atoms with E-state index in [-0.39, 0.29) is 5.69 Å². The number of fused-ring (bicyclic) bond motifs is 1. The number of aryl methyl sites for hydroxylation is 1. The van der Waals surface area contributed by atoms with Gasteiger partial charge in [0.25, 0.3) is 5.91 Å². The van der Waals surface area contributed by atoms with Gasteiger partial charge in [0.05, 0.1) is 0 Å². The number of nitrogens with zero attached hydrogens (tertiary/aromatic N) is 2. The molecule has 7 heteroatoms. The van der Waals surface area contributed by atoms with E-state index < -0.39 is 17.9 Å². The van der Waals surface area contributed by atoms with Crippen molar-refractivity contribution < 1.29 is 14.7 Å². The van der Waals surface area contributed by atoms with Gasteiger partial charge in [-0.15, -0.1) is 11.3 Å². The van der Waals surface area contributed by atoms with Gasteiger partial charge in [-0.1, -0.05) is 19.8 Å². The highest BCUT2D eigenvalue weighted by Gasteiger charge is 2.21. The van der Waals surface area contributed by atoms with Crippen LogP contribution in [0.3, 0.4) is 0 Å². The molecule has 0 bridgehead atoms. The summed E-state index contributed by atoms with van der Waals surface area (Å²) in [6.45, 7) is 3.94. The second-order valence-electron chi connectivity index (χ2n) is 4.66. The van der Waals surface area contributed by atoms with Crippen molar-refractivity contribution in [1.29, 1.82) is 0 Å². The first-order valence-corrected chi connectivity index (χ1v) is 7.31. The number of rotatable bonds is 6. The molecule has 2 aromatic heterocycles. The van der Waals surface area contributed by atoms with E-state index in [1.54, 1.807) is 10.6 Å². The summed E-state index contributed by atoms with van der Waals surface area (Å²) in [6, 6.07) is -0.857. The molecule has 108 valence electrons. The highest BCUT2D eigenvalue weighted by molar-refractivity contribution is 7.17. The Morgan fingerprint density at radius 2 is 2.25 bits per heavy atom. The zero-order valence-corrected chi connectivity index (χ0v) is 12.2. The molecule has 20 heavy (non-hydrogen) atoms. The number of carboxylic acids is 1. The maximum absolute atomic E-state index is 12.0. The Balaban J connectivity index is 2.09. The summed E-state index contributed by atoms with van der Waals surface area (Å²) in [6.07, 6.45) is 5.58. The lowest BCUT2D eigenvalue weighted by Crippen LogP contribution is -2.40. The van der Waals surface area contributed by atoms with Crippen LogP contribution in [0.25, 0.3) is 4.96 Å². The van der Waals surface area contributed by atoms with Crippen molar-refractivity contribution in [2.75, 3.05) is 0 Å². The molecule has 0 aromatic carbocycles. The lowest BCUT2D eigenvalue weighted by Gasteiger charge is -2.12. The summed E-state index contributed by atoms with van der Waals surface area (Å²) in [5.41, 5.74) is 0.249. The van der Waals surface area contributed by atoms with Crippen molar-refractivity contribution in [2.45, 2.75) is 39.2 Å². The normalized spacial score (nSPS) is 12.5. The first kappa shape index (κ1) is 14.5. The predicted octanol–water partition coefficient (Wildman–Crippen LogP) is 2.08. The highest BCUT2D eigenvalue weighted by Crippen LogP contribution is 2.16. The summed E-state index contributed by atoms with van der Waals surface area (Å²) in [4.78, 5) is 29.2. The Morgan fingerprint density at radius 1 is 1.50 bits per heavy atom. The molecule has 1 unspecified atom stereocenters. The zero-order chi connectivity index (χ0) is 14.7. The van der Waals surface area contributed by atoms with E-state index in [0.717, 1.165) is 22.7 Å². The molecule has 2 heterocycles. The van der Waals surface area contributed by atoms with Gasteiger partial charge in [0, 0.05) is 17.3 Å². The molecule has 0 saturated heterocycles. The van der Waals surface area contributed by atoms with Crippen LogP contribution >= 0.6 is 11.3 Å². The lowest BCUT2D eigenvalue weighted by atomic mass is 10.1. The summed E-state index contributed by atoms with van der Waals surface area (Å²) < 4.78 is 1.77. The quantitative estimate of drug-likeness (QED) is 0.854. The first-order valence-electron chi connectivity index (χ1n) is 6.50. The Labute approximate surface area is 120 Å². The van der Waals surface area contributed by atoms with Gasteiger partial charge < -0.3 is 10.4 Å². The molecular formula is C13H17N3O3S. The molecule has 1 amide bonds. The molecule has 2 N–H and O–H groups in total. The highest BCUT2D eigenvalue weighted by atomic mass is 32.1. The third kappa shape index (κ3) is 3.16. The fraction of sp³-hybridized carbons (Fsp3) is 0.462. The number of amides is 1. The van der Waals surface area contributed by atoms with Gasteiger partial charge in [0.2, 0.25) is 0 Å². The molecule has 2 aromatic rings. The average molecular weight is 295 g/mol. The van der Waals surface area contributed by atoms with E-state index in [9.17, 15) is 9.59 Å². The van der Waals surface area contributed by atoms with E-state index in [1.807, 2.05) is 20.0 Å². The number of carbonyl (C=O) groups excluding carboxylic acids is 1. The third-order valence-electron chi connectivity index (χ3n) is 2.95. The van der Waals surface area contributed by atoms with E-state index in [2.05, 4.69) is 10.3 Å². The second kappa shape index (κ2) is 6.04. The van der Waals surface area contributed by atoms with E-state index in [1.165, 1.54) is 11.3 Å². The fourth-order valence-corrected chi connectivity index (χ4v) is 2.73. The van der Waals surface area contributed by atoms with E-state index >= 15 is 0 Å². The molecule has 0 aliphatic rings. The summed E-state index contributed by atoms with van der Waals surface area (Å²) in [5, 5.41) is 11.6. The largest absolute Gasteiger partial charge is 0.480 e. The van der Waals surface area contributed by atoms with Crippen molar-refractivity contribution >= 4 is 28.2 Å². The third-order valence-corrected chi connectivity index (χ3v) is 3.87. The Hall–Kier alpha value is -1.89. The van der Waals surface area contributed by atoms with Crippen LogP contribution in [0.5, 0.6) is 0 Å². The van der Waals surface area contributed by atoms with E-state index in [4.69, 9.17) is 5.11 Å². The summed E-state index contributed by atoms with van der Waals surface area (Å²) >= 11 is 1.48. The number of carboxylic acid groups (broad SMARTS) is 1. The molecule has 0 saturated carbocycles. The fourth-order valence-electron chi connectivity index (χ4n) is 1.92. The number of nitrogens with one attached hydrogen (secondary N) is 1. The van der Waals surface area contributed by atoms with Crippen molar-refractivity contribution in [2.24, 2.45) is 0 Å². The average Bonchev–Trinajstić information content (AvgIpc) is 2.90. The standard InChI is InChI=1S/C13H17N3O3S/c1-3-4-5-9(12(18)19)14-11(17)10-7-16-6-8(2)20-13(16)15-10/h6-7,9H,3-5H2,1-2H3,(H,14,17)(H,18,19). The number of aliphatic carboxylic acids is 1. The van der Waals surface area contributed by atoms with Gasteiger partial charge in [-0.25, -0.2) is 9.78 Å². The minimum atomic E-state index is -1.01.